The van der Waals surface area contributed by atoms with E-state index in [0.29, 0.717) is 34.2 Å². The molecule has 1 atom stereocenters. The number of nitrogens with zero attached hydrogens (tertiary/aromatic N) is 3. The van der Waals surface area contributed by atoms with Crippen molar-refractivity contribution < 1.29 is 13.2 Å². The number of nitrogen functional groups attached to an aromatic ring is 1. The highest BCUT2D eigenvalue weighted by atomic mass is 32.2. The van der Waals surface area contributed by atoms with Crippen molar-refractivity contribution in [3.8, 4) is 0 Å². The van der Waals surface area contributed by atoms with Crippen molar-refractivity contribution in [2.45, 2.75) is 49.5 Å². The van der Waals surface area contributed by atoms with E-state index in [1.165, 1.54) is 42.7 Å². The van der Waals surface area contributed by atoms with Gasteiger partial charge in [-0.2, -0.15) is 5.10 Å². The Bertz CT molecular complexity index is 1150. The first-order chi connectivity index (χ1) is 14.3. The van der Waals surface area contributed by atoms with E-state index in [9.17, 15) is 13.2 Å². The molecule has 160 valence electrons. The maximum absolute atomic E-state index is 13.2. The van der Waals surface area contributed by atoms with Gasteiger partial charge in [0, 0.05) is 23.2 Å². The highest BCUT2D eigenvalue weighted by Crippen LogP contribution is 2.34. The van der Waals surface area contributed by atoms with Crippen molar-refractivity contribution in [1.29, 1.82) is 0 Å². The molecule has 1 fully saturated rings. The first-order valence-electron chi connectivity index (χ1n) is 10.0. The number of anilines is 2. The summed E-state index contributed by atoms with van der Waals surface area (Å²) in [7, 11) is -3.37. The minimum absolute atomic E-state index is 0.178. The largest absolute Gasteiger partial charge is 0.383 e. The van der Waals surface area contributed by atoms with Crippen LogP contribution in [0.25, 0.3) is 10.9 Å². The van der Waals surface area contributed by atoms with Gasteiger partial charge in [-0.3, -0.25) is 4.79 Å². The summed E-state index contributed by atoms with van der Waals surface area (Å²) >= 11 is 1.35. The average Bonchev–Trinajstić information content (AvgIpc) is 3.34. The van der Waals surface area contributed by atoms with Crippen LogP contribution in [0.5, 0.6) is 0 Å². The van der Waals surface area contributed by atoms with Gasteiger partial charge in [-0.1, -0.05) is 32.1 Å². The lowest BCUT2D eigenvalue weighted by Crippen LogP contribution is -2.30. The van der Waals surface area contributed by atoms with Crippen molar-refractivity contribution in [3.63, 3.8) is 0 Å². The lowest BCUT2D eigenvalue weighted by molar-refractivity contribution is -0.120. The predicted molar refractivity (Wildman–Crippen MR) is 118 cm³/mol. The van der Waals surface area contributed by atoms with Crippen LogP contribution in [-0.2, 0) is 14.6 Å². The Labute approximate surface area is 179 Å². The third kappa shape index (κ3) is 4.34. The zero-order valence-corrected chi connectivity index (χ0v) is 18.4. The third-order valence-corrected chi connectivity index (χ3v) is 7.47. The standard InChI is InChI=1S/C20H25N5O3S2/c1-30(27,28)14-7-8-16-15(12-14)18(21)25(24-16)17(11-13-5-3-2-4-6-13)19(26)23-20-22-9-10-29-20/h7-10,12-13,17H,2-6,11,21H2,1H3,(H,22,23,26). The average molecular weight is 448 g/mol. The highest BCUT2D eigenvalue weighted by Gasteiger charge is 2.29. The quantitative estimate of drug-likeness (QED) is 0.595. The lowest BCUT2D eigenvalue weighted by Gasteiger charge is -2.26. The molecule has 2 aromatic heterocycles. The van der Waals surface area contributed by atoms with E-state index in [4.69, 9.17) is 5.73 Å². The molecule has 0 radical (unpaired) electrons. The van der Waals surface area contributed by atoms with Crippen LogP contribution in [0.15, 0.2) is 34.7 Å². The van der Waals surface area contributed by atoms with Crippen LogP contribution >= 0.6 is 11.3 Å². The molecule has 10 heteroatoms. The van der Waals surface area contributed by atoms with Crippen LogP contribution in [0, 0.1) is 5.92 Å². The van der Waals surface area contributed by atoms with Crippen molar-refractivity contribution in [2.75, 3.05) is 17.3 Å². The minimum atomic E-state index is -3.37. The van der Waals surface area contributed by atoms with Crippen molar-refractivity contribution in [2.24, 2.45) is 5.92 Å². The summed E-state index contributed by atoms with van der Waals surface area (Å²) in [6, 6.07) is 4.08. The molecule has 4 rings (SSSR count). The number of amides is 1. The molecule has 0 bridgehead atoms. The molecule has 2 heterocycles. The van der Waals surface area contributed by atoms with Crippen molar-refractivity contribution >= 4 is 48.9 Å². The fraction of sp³-hybridized carbons (Fsp3) is 0.450. The number of fused-ring (bicyclic) bond motifs is 1. The first-order valence-corrected chi connectivity index (χ1v) is 12.8. The second-order valence-corrected chi connectivity index (χ2v) is 10.8. The monoisotopic (exact) mass is 447 g/mol. The van der Waals surface area contributed by atoms with Crippen molar-refractivity contribution in [3.05, 3.63) is 29.8 Å². The second-order valence-electron chi connectivity index (χ2n) is 7.86. The van der Waals surface area contributed by atoms with Gasteiger partial charge in [0.1, 0.15) is 11.9 Å². The van der Waals surface area contributed by atoms with Gasteiger partial charge < -0.3 is 11.1 Å². The number of benzene rings is 1. The molecular formula is C20H25N5O3S2. The number of hydrogen-bond donors (Lipinski definition) is 2. The van der Waals surface area contributed by atoms with Crippen LogP contribution in [0.3, 0.4) is 0 Å². The van der Waals surface area contributed by atoms with Gasteiger partial charge in [-0.15, -0.1) is 11.3 Å². The van der Waals surface area contributed by atoms with E-state index in [1.54, 1.807) is 22.3 Å². The molecular weight excluding hydrogens is 422 g/mol. The summed E-state index contributed by atoms with van der Waals surface area (Å²) in [6.07, 6.45) is 9.16. The Kier molecular flexibility index (Phi) is 5.79. The molecule has 1 aliphatic rings. The van der Waals surface area contributed by atoms with Gasteiger partial charge in [-0.25, -0.2) is 18.1 Å². The number of rotatable bonds is 6. The second kappa shape index (κ2) is 8.35. The zero-order valence-electron chi connectivity index (χ0n) is 16.7. The van der Waals surface area contributed by atoms with Crippen molar-refractivity contribution in [1.82, 2.24) is 14.8 Å². The van der Waals surface area contributed by atoms with Crippen LogP contribution in [0.4, 0.5) is 10.9 Å². The zero-order chi connectivity index (χ0) is 21.3. The molecule has 1 saturated carbocycles. The first kappa shape index (κ1) is 20.8. The van der Waals surface area contributed by atoms with Gasteiger partial charge in [0.25, 0.3) is 5.91 Å². The van der Waals surface area contributed by atoms with E-state index >= 15 is 0 Å². The molecule has 30 heavy (non-hydrogen) atoms. The van der Waals surface area contributed by atoms with E-state index in [2.05, 4.69) is 15.4 Å². The number of thiazole rings is 1. The van der Waals surface area contributed by atoms with Crippen LogP contribution in [0.2, 0.25) is 0 Å². The van der Waals surface area contributed by atoms with Gasteiger partial charge in [-0.05, 0) is 30.5 Å². The van der Waals surface area contributed by atoms with Crippen LogP contribution < -0.4 is 11.1 Å². The molecule has 1 unspecified atom stereocenters. The highest BCUT2D eigenvalue weighted by molar-refractivity contribution is 7.90. The minimum Gasteiger partial charge on any atom is -0.383 e. The Morgan fingerprint density at radius 1 is 1.33 bits per heavy atom. The maximum atomic E-state index is 13.2. The molecule has 3 N–H and O–H groups in total. The summed E-state index contributed by atoms with van der Waals surface area (Å²) in [5, 5.41) is 10.3. The Balaban J connectivity index is 1.72. The lowest BCUT2D eigenvalue weighted by atomic mass is 9.84. The fourth-order valence-electron chi connectivity index (χ4n) is 4.10. The van der Waals surface area contributed by atoms with Gasteiger partial charge in [0.15, 0.2) is 15.0 Å². The van der Waals surface area contributed by atoms with E-state index < -0.39 is 15.9 Å². The van der Waals surface area contributed by atoms with E-state index in [-0.39, 0.29) is 10.8 Å². The summed E-state index contributed by atoms with van der Waals surface area (Å²) in [4.78, 5) is 17.5. The summed E-state index contributed by atoms with van der Waals surface area (Å²) in [5.74, 6) is 0.507. The maximum Gasteiger partial charge on any atom is 0.251 e. The summed E-state index contributed by atoms with van der Waals surface area (Å²) in [6.45, 7) is 0. The summed E-state index contributed by atoms with van der Waals surface area (Å²) < 4.78 is 25.4. The topological polar surface area (TPSA) is 120 Å². The molecule has 1 amide bonds. The molecule has 0 spiro atoms. The molecule has 8 nitrogen and oxygen atoms in total. The fourth-order valence-corrected chi connectivity index (χ4v) is 5.28. The number of carbonyl (C=O) groups is 1. The number of aromatic nitrogens is 3. The molecule has 1 aromatic carbocycles. The number of hydrogen-bond acceptors (Lipinski definition) is 7. The van der Waals surface area contributed by atoms with Gasteiger partial charge in [0.05, 0.1) is 10.4 Å². The van der Waals surface area contributed by atoms with Crippen LogP contribution in [-0.4, -0.2) is 35.3 Å². The van der Waals surface area contributed by atoms with Crippen LogP contribution in [0.1, 0.15) is 44.6 Å². The Morgan fingerprint density at radius 2 is 2.10 bits per heavy atom. The SMILES string of the molecule is CS(=O)(=O)c1ccc2nn(C(CC3CCCCC3)C(=O)Nc3nccs3)c(N)c2c1. The normalized spacial score (nSPS) is 16.6. The van der Waals surface area contributed by atoms with E-state index in [0.717, 1.165) is 19.1 Å². The number of carbonyl (C=O) groups excluding carboxylic acids is 1. The number of sulfone groups is 1. The van der Waals surface area contributed by atoms with Gasteiger partial charge in [0.2, 0.25) is 0 Å². The smallest absolute Gasteiger partial charge is 0.251 e. The molecule has 0 saturated heterocycles. The Morgan fingerprint density at radius 3 is 2.77 bits per heavy atom. The molecule has 0 aliphatic heterocycles. The third-order valence-electron chi connectivity index (χ3n) is 5.68. The Hall–Kier alpha value is -2.46. The number of nitrogens with one attached hydrogen (secondary N) is 1. The molecule has 1 aliphatic carbocycles. The van der Waals surface area contributed by atoms with Gasteiger partial charge >= 0.3 is 0 Å². The molecule has 3 aromatic rings. The van der Waals surface area contributed by atoms with E-state index in [1.807, 2.05) is 0 Å². The summed E-state index contributed by atoms with van der Waals surface area (Å²) in [5.41, 5.74) is 6.95. The predicted octanol–water partition coefficient (Wildman–Crippen LogP) is 3.63. The number of nitrogens with two attached hydrogens (primary N) is 1.